The smallest absolute Gasteiger partial charge is 0.284 e. The van der Waals surface area contributed by atoms with E-state index in [9.17, 15) is 29.8 Å². The van der Waals surface area contributed by atoms with Crippen molar-refractivity contribution < 1.29 is 19.4 Å². The summed E-state index contributed by atoms with van der Waals surface area (Å²) in [5, 5.41) is 24.2. The van der Waals surface area contributed by atoms with Gasteiger partial charge in [-0.05, 0) is 0 Å². The van der Waals surface area contributed by atoms with E-state index >= 15 is 0 Å². The van der Waals surface area contributed by atoms with Gasteiger partial charge in [-0.2, -0.15) is 0 Å². The molecule has 0 saturated carbocycles. The summed E-state index contributed by atoms with van der Waals surface area (Å²) in [7, 11) is 0. The van der Waals surface area contributed by atoms with Gasteiger partial charge in [-0.25, -0.2) is 0 Å². The average Bonchev–Trinajstić information content (AvgIpc) is 2.56. The Morgan fingerprint density at radius 1 is 0.720 bits per heavy atom. The quantitative estimate of drug-likeness (QED) is 0.626. The lowest BCUT2D eigenvalue weighted by Crippen LogP contribution is -2.41. The maximum Gasteiger partial charge on any atom is 0.315 e. The molecule has 9 nitrogen and oxygen atoms in total. The Kier molecular flexibility index (Phi) is 5.51. The largest absolute Gasteiger partial charge is 0.315 e. The average molecular weight is 343 g/mol. The first-order valence-corrected chi connectivity index (χ1v) is 7.13. The maximum absolute atomic E-state index is 12.2. The number of carbonyl (C=O) groups is 2. The first-order chi connectivity index (χ1) is 11.9. The molecule has 0 aliphatic heterocycles. The van der Waals surface area contributed by atoms with Gasteiger partial charge in [0, 0.05) is 21.0 Å². The predicted octanol–water partition coefficient (Wildman–Crippen LogP) is 1.67. The second kappa shape index (κ2) is 7.77. The number of carbonyl (C=O) groups excluding carboxylic acids is 2. The Hall–Kier alpha value is -3.62. The van der Waals surface area contributed by atoms with Crippen molar-refractivity contribution in [2.75, 3.05) is 0 Å². The Balaban J connectivity index is 2.23. The molecule has 0 spiro atoms. The van der Waals surface area contributed by atoms with E-state index in [2.05, 4.69) is 0 Å². The molecule has 0 bridgehead atoms. The summed E-state index contributed by atoms with van der Waals surface area (Å²) in [6, 6.07) is 11.0. The van der Waals surface area contributed by atoms with Crippen LogP contribution in [0.5, 0.6) is 0 Å². The highest BCUT2D eigenvalue weighted by Gasteiger charge is 2.38. The summed E-state index contributed by atoms with van der Waals surface area (Å²) in [5.41, 5.74) is 0.130. The molecular formula is C16H13N3O6. The highest BCUT2D eigenvalue weighted by Crippen LogP contribution is 2.19. The maximum atomic E-state index is 12.2. The number of nitrogens with zero attached hydrogens (tertiary/aromatic N) is 2. The van der Waals surface area contributed by atoms with Gasteiger partial charge in [0.1, 0.15) is 0 Å². The van der Waals surface area contributed by atoms with Crippen LogP contribution in [0.25, 0.3) is 0 Å². The van der Waals surface area contributed by atoms with Crippen LogP contribution in [0.15, 0.2) is 60.7 Å². The molecule has 25 heavy (non-hydrogen) atoms. The van der Waals surface area contributed by atoms with Crippen LogP contribution in [-0.2, 0) is 9.59 Å². The van der Waals surface area contributed by atoms with Gasteiger partial charge in [0.25, 0.3) is 0 Å². The minimum absolute atomic E-state index is 0.0650. The van der Waals surface area contributed by atoms with Gasteiger partial charge < -0.3 is 0 Å². The van der Waals surface area contributed by atoms with Crippen molar-refractivity contribution in [3.05, 3.63) is 92.0 Å². The molecule has 9 heteroatoms. The Morgan fingerprint density at radius 3 is 1.32 bits per heavy atom. The molecule has 128 valence electrons. The second-order valence-electron chi connectivity index (χ2n) is 5.05. The van der Waals surface area contributed by atoms with Crippen molar-refractivity contribution in [3.63, 3.8) is 0 Å². The normalized spacial score (nSPS) is 12.6. The molecule has 0 aliphatic carbocycles. The van der Waals surface area contributed by atoms with Gasteiger partial charge in [0.15, 0.2) is 0 Å². The monoisotopic (exact) mass is 343 g/mol. The topological polar surface area (TPSA) is 132 Å². The molecule has 0 saturated heterocycles. The van der Waals surface area contributed by atoms with Crippen LogP contribution >= 0.6 is 0 Å². The summed E-state index contributed by atoms with van der Waals surface area (Å²) in [6.45, 7) is 0. The lowest BCUT2D eigenvalue weighted by Gasteiger charge is -2.12. The summed E-state index contributed by atoms with van der Waals surface area (Å²) >= 11 is 0. The van der Waals surface area contributed by atoms with Crippen molar-refractivity contribution in [1.82, 2.24) is 5.32 Å². The summed E-state index contributed by atoms with van der Waals surface area (Å²) in [4.78, 5) is 45.0. The fourth-order valence-electron chi connectivity index (χ4n) is 2.27. The highest BCUT2D eigenvalue weighted by atomic mass is 16.6. The number of benzene rings is 2. The molecule has 2 rings (SSSR count). The van der Waals surface area contributed by atoms with Crippen molar-refractivity contribution in [2.24, 2.45) is 0 Å². The van der Waals surface area contributed by atoms with Gasteiger partial charge in [-0.1, -0.05) is 60.7 Å². The fraction of sp³-hybridized carbons (Fsp3) is 0.125. The zero-order valence-electron chi connectivity index (χ0n) is 12.8. The van der Waals surface area contributed by atoms with E-state index < -0.39 is 33.7 Å². The van der Waals surface area contributed by atoms with E-state index in [1.165, 1.54) is 48.5 Å². The Labute approximate surface area is 141 Å². The zero-order chi connectivity index (χ0) is 18.4. The number of imide groups is 1. The van der Waals surface area contributed by atoms with Crippen LogP contribution in [-0.4, -0.2) is 21.7 Å². The lowest BCUT2D eigenvalue weighted by atomic mass is 10.1. The minimum Gasteiger partial charge on any atom is -0.284 e. The molecule has 0 aromatic heterocycles. The van der Waals surface area contributed by atoms with Gasteiger partial charge >= 0.3 is 23.9 Å². The fourth-order valence-corrected chi connectivity index (χ4v) is 2.27. The molecular weight excluding hydrogens is 330 g/mol. The van der Waals surface area contributed by atoms with E-state index in [0.29, 0.717) is 0 Å². The molecule has 0 fully saturated rings. The van der Waals surface area contributed by atoms with Gasteiger partial charge in [0.05, 0.1) is 0 Å². The third-order valence-electron chi connectivity index (χ3n) is 3.40. The minimum atomic E-state index is -1.84. The summed E-state index contributed by atoms with van der Waals surface area (Å²) in [5.74, 6) is -2.46. The first kappa shape index (κ1) is 17.7. The van der Waals surface area contributed by atoms with E-state index in [0.717, 1.165) is 0 Å². The predicted molar refractivity (Wildman–Crippen MR) is 85.5 cm³/mol. The van der Waals surface area contributed by atoms with E-state index in [4.69, 9.17) is 0 Å². The first-order valence-electron chi connectivity index (χ1n) is 7.13. The SMILES string of the molecule is O=C(NC(=O)C(c1ccccc1)[N+](=O)[O-])C(c1ccccc1)[N+](=O)[O-]. The Bertz CT molecular complexity index is 727. The van der Waals surface area contributed by atoms with Crippen molar-refractivity contribution in [2.45, 2.75) is 12.1 Å². The lowest BCUT2D eigenvalue weighted by molar-refractivity contribution is -0.516. The molecule has 0 aliphatic rings. The van der Waals surface area contributed by atoms with Crippen LogP contribution in [0, 0.1) is 20.2 Å². The molecule has 2 aromatic carbocycles. The molecule has 0 heterocycles. The van der Waals surface area contributed by atoms with Gasteiger partial charge in [-0.15, -0.1) is 0 Å². The number of rotatable bonds is 6. The zero-order valence-corrected chi connectivity index (χ0v) is 12.8. The molecule has 2 amide bonds. The summed E-state index contributed by atoms with van der Waals surface area (Å²) < 4.78 is 0. The molecule has 2 unspecified atom stereocenters. The van der Waals surface area contributed by atoms with Crippen LogP contribution in [0.3, 0.4) is 0 Å². The number of amides is 2. The molecule has 0 radical (unpaired) electrons. The van der Waals surface area contributed by atoms with E-state index in [-0.39, 0.29) is 11.1 Å². The van der Waals surface area contributed by atoms with E-state index in [1.807, 2.05) is 0 Å². The highest BCUT2D eigenvalue weighted by molar-refractivity contribution is 5.99. The Morgan fingerprint density at radius 2 is 1.04 bits per heavy atom. The van der Waals surface area contributed by atoms with Crippen molar-refractivity contribution in [1.29, 1.82) is 0 Å². The van der Waals surface area contributed by atoms with Crippen LogP contribution < -0.4 is 5.32 Å². The third kappa shape index (κ3) is 4.22. The number of hydrogen-bond donors (Lipinski definition) is 1. The van der Waals surface area contributed by atoms with Crippen LogP contribution in [0.2, 0.25) is 0 Å². The van der Waals surface area contributed by atoms with E-state index in [1.54, 1.807) is 17.4 Å². The standard InChI is InChI=1S/C16H13N3O6/c20-15(13(18(22)23)11-7-3-1-4-8-11)17-16(21)14(19(24)25)12-9-5-2-6-10-12/h1-10,13-14H,(H,17,20,21). The van der Waals surface area contributed by atoms with Crippen molar-refractivity contribution >= 4 is 11.8 Å². The number of nitro groups is 2. The van der Waals surface area contributed by atoms with Gasteiger partial charge in [-0.3, -0.25) is 35.1 Å². The van der Waals surface area contributed by atoms with Crippen LogP contribution in [0.4, 0.5) is 0 Å². The summed E-state index contributed by atoms with van der Waals surface area (Å²) in [6.07, 6.45) is 0. The molecule has 1 N–H and O–H groups in total. The number of hydrogen-bond acceptors (Lipinski definition) is 6. The second-order valence-corrected chi connectivity index (χ2v) is 5.05. The van der Waals surface area contributed by atoms with Gasteiger partial charge in [0.2, 0.25) is 0 Å². The molecule has 2 atom stereocenters. The van der Waals surface area contributed by atoms with Crippen LogP contribution in [0.1, 0.15) is 23.2 Å². The van der Waals surface area contributed by atoms with Crippen molar-refractivity contribution in [3.8, 4) is 0 Å². The third-order valence-corrected chi connectivity index (χ3v) is 3.40. The number of nitrogens with one attached hydrogen (secondary N) is 1. The molecule has 2 aromatic rings.